The van der Waals surface area contributed by atoms with Crippen LogP contribution in [0.25, 0.3) is 0 Å². The predicted molar refractivity (Wildman–Crippen MR) is 95.8 cm³/mol. The number of methoxy groups -OCH3 is 1. The third kappa shape index (κ3) is 4.87. The number of hydrogen-bond donors (Lipinski definition) is 9. The maximum atomic E-state index is 12.1. The molecule has 9 N–H and O–H groups in total. The first-order valence-corrected chi connectivity index (χ1v) is 9.55. The molecule has 2 aliphatic heterocycles. The number of carboxylic acids is 2. The van der Waals surface area contributed by atoms with Gasteiger partial charge in [0.1, 0.15) is 36.6 Å². The lowest BCUT2D eigenvalue weighted by Gasteiger charge is -2.49. The van der Waals surface area contributed by atoms with Crippen molar-refractivity contribution < 1.29 is 74.5 Å². The van der Waals surface area contributed by atoms with Gasteiger partial charge in [0.05, 0.1) is 25.4 Å². The molecule has 0 spiro atoms. The van der Waals surface area contributed by atoms with Crippen LogP contribution in [0.4, 0.5) is 0 Å². The molecule has 32 heavy (non-hydrogen) atoms. The average Bonchev–Trinajstić information content (AvgIpc) is 2.75. The Morgan fingerprint density at radius 1 is 0.906 bits per heavy atom. The zero-order valence-corrected chi connectivity index (χ0v) is 16.9. The van der Waals surface area contributed by atoms with E-state index in [9.17, 15) is 50.4 Å². The molecule has 2 aliphatic rings. The fraction of sp³-hybridized carbons (Fsp3) is 0.882. The van der Waals surface area contributed by atoms with Gasteiger partial charge in [0, 0.05) is 20.0 Å². The van der Waals surface area contributed by atoms with Crippen molar-refractivity contribution in [1.29, 1.82) is 0 Å². The van der Waals surface area contributed by atoms with Crippen molar-refractivity contribution in [3.8, 4) is 0 Å². The second-order valence-corrected chi connectivity index (χ2v) is 7.60. The zero-order valence-electron chi connectivity index (χ0n) is 16.9. The molecule has 0 saturated carbocycles. The fourth-order valence-corrected chi connectivity index (χ4v) is 3.70. The lowest BCUT2D eigenvalue weighted by atomic mass is 9.90. The third-order valence-electron chi connectivity index (χ3n) is 5.48. The van der Waals surface area contributed by atoms with E-state index >= 15 is 0 Å². The normalized spacial score (nSPS) is 42.2. The Kier molecular flexibility index (Phi) is 8.52. The molecule has 2 fully saturated rings. The van der Waals surface area contributed by atoms with E-state index in [0.717, 1.165) is 7.11 Å². The minimum Gasteiger partial charge on any atom is -0.477 e. The minimum atomic E-state index is -2.84. The van der Waals surface area contributed by atoms with E-state index in [0.29, 0.717) is 0 Å². The summed E-state index contributed by atoms with van der Waals surface area (Å²) in [5.41, 5.74) is 0. The van der Waals surface area contributed by atoms with Crippen LogP contribution in [-0.2, 0) is 28.5 Å². The molecule has 2 rings (SSSR count). The highest BCUT2D eigenvalue weighted by atomic mass is 16.8. The van der Waals surface area contributed by atoms with E-state index in [1.54, 1.807) is 0 Å². The number of hydrogen-bond acceptors (Lipinski definition) is 13. The van der Waals surface area contributed by atoms with Crippen LogP contribution < -0.4 is 0 Å². The Hall–Kier alpha value is -1.50. The fourth-order valence-electron chi connectivity index (χ4n) is 3.70. The van der Waals surface area contributed by atoms with Crippen LogP contribution in [0.2, 0.25) is 0 Å². The number of carboxylic acid groups (broad SMARTS) is 2. The van der Waals surface area contributed by atoms with Gasteiger partial charge in [-0.2, -0.15) is 0 Å². The topological polar surface area (TPSA) is 253 Å². The number of ether oxygens (including phenoxy) is 4. The second-order valence-electron chi connectivity index (χ2n) is 7.60. The van der Waals surface area contributed by atoms with Crippen molar-refractivity contribution in [2.45, 2.75) is 73.2 Å². The summed E-state index contributed by atoms with van der Waals surface area (Å²) in [6.07, 6.45) is -16.4. The predicted octanol–water partition coefficient (Wildman–Crippen LogP) is -5.05. The summed E-state index contributed by atoms with van der Waals surface area (Å²) in [6, 6.07) is 0. The highest BCUT2D eigenvalue weighted by Crippen LogP contribution is 2.39. The summed E-state index contributed by atoms with van der Waals surface area (Å²) in [7, 11) is 0.950. The third-order valence-corrected chi connectivity index (χ3v) is 5.48. The number of aliphatic hydroxyl groups excluding tert-OH is 7. The molecule has 0 radical (unpaired) electrons. The molecule has 0 aliphatic carbocycles. The first kappa shape index (κ1) is 26.7. The van der Waals surface area contributed by atoms with Gasteiger partial charge < -0.3 is 64.9 Å². The molecule has 0 bridgehead atoms. The molecule has 0 aromatic carbocycles. The van der Waals surface area contributed by atoms with Gasteiger partial charge in [0.2, 0.25) is 0 Å². The van der Waals surface area contributed by atoms with Crippen molar-refractivity contribution in [2.24, 2.45) is 0 Å². The molecule has 186 valence electrons. The first-order valence-electron chi connectivity index (χ1n) is 9.55. The summed E-state index contributed by atoms with van der Waals surface area (Å²) < 4.78 is 20.7. The zero-order chi connectivity index (χ0) is 24.4. The van der Waals surface area contributed by atoms with E-state index in [4.69, 9.17) is 24.1 Å². The first-order chi connectivity index (χ1) is 14.9. The maximum absolute atomic E-state index is 12.1. The van der Waals surface area contributed by atoms with Crippen molar-refractivity contribution in [3.05, 3.63) is 0 Å². The molecule has 2 heterocycles. The molecular formula is C17H28O15. The van der Waals surface area contributed by atoms with Gasteiger partial charge in [-0.1, -0.05) is 0 Å². The highest BCUT2D eigenvalue weighted by molar-refractivity contribution is 5.76. The van der Waals surface area contributed by atoms with Crippen LogP contribution >= 0.6 is 0 Å². The van der Waals surface area contributed by atoms with Gasteiger partial charge in [-0.15, -0.1) is 0 Å². The monoisotopic (exact) mass is 472 g/mol. The summed E-state index contributed by atoms with van der Waals surface area (Å²) in [6.45, 7) is -1.98. The number of aliphatic carboxylic acids is 2. The van der Waals surface area contributed by atoms with Crippen LogP contribution in [0, 0.1) is 0 Å². The average molecular weight is 472 g/mol. The van der Waals surface area contributed by atoms with Gasteiger partial charge in [-0.3, -0.25) is 0 Å². The number of carbonyl (C=O) groups is 2. The molecule has 15 nitrogen and oxygen atoms in total. The van der Waals surface area contributed by atoms with Crippen LogP contribution in [0.1, 0.15) is 12.8 Å². The van der Waals surface area contributed by atoms with Gasteiger partial charge in [0.15, 0.2) is 0 Å². The van der Waals surface area contributed by atoms with Crippen molar-refractivity contribution in [3.63, 3.8) is 0 Å². The molecule has 2 saturated heterocycles. The smallest absolute Gasteiger partial charge is 0.364 e. The SMILES string of the molecule is CO[C@]1(C(=O)O)C[C@@H](O)[C@@H](O[C@]2(C(=O)O)C[C@@H](O)[C@@H](O)[C@@H]([C@H](O)CO)O2)[C@@H]([C@H](O)CO)O1. The van der Waals surface area contributed by atoms with E-state index in [1.807, 2.05) is 0 Å². The summed E-state index contributed by atoms with van der Waals surface area (Å²) in [4.78, 5) is 23.7. The van der Waals surface area contributed by atoms with Crippen LogP contribution in [0.3, 0.4) is 0 Å². The molecule has 15 heteroatoms. The van der Waals surface area contributed by atoms with E-state index in [-0.39, 0.29) is 0 Å². The van der Waals surface area contributed by atoms with Gasteiger partial charge >= 0.3 is 11.9 Å². The van der Waals surface area contributed by atoms with Gasteiger partial charge in [-0.05, 0) is 0 Å². The van der Waals surface area contributed by atoms with Crippen LogP contribution in [-0.4, -0.2) is 139 Å². The molecule has 0 unspecified atom stereocenters. The summed E-state index contributed by atoms with van der Waals surface area (Å²) >= 11 is 0. The molecule has 0 aromatic rings. The quantitative estimate of drug-likeness (QED) is 0.152. The van der Waals surface area contributed by atoms with E-state index in [1.165, 1.54) is 0 Å². The minimum absolute atomic E-state index is 0.790. The lowest BCUT2D eigenvalue weighted by molar-refractivity contribution is -0.377. The Morgan fingerprint density at radius 2 is 1.38 bits per heavy atom. The van der Waals surface area contributed by atoms with Crippen molar-refractivity contribution >= 4 is 11.9 Å². The number of rotatable bonds is 9. The Morgan fingerprint density at radius 3 is 1.84 bits per heavy atom. The Labute approximate surface area is 180 Å². The number of aliphatic hydroxyl groups is 7. The van der Waals surface area contributed by atoms with E-state index in [2.05, 4.69) is 0 Å². The summed E-state index contributed by atoms with van der Waals surface area (Å²) in [5, 5.41) is 88.4. The highest BCUT2D eigenvalue weighted by Gasteiger charge is 2.60. The molecule has 0 aromatic heterocycles. The van der Waals surface area contributed by atoms with Crippen molar-refractivity contribution in [1.82, 2.24) is 0 Å². The molecule has 10 atom stereocenters. The summed E-state index contributed by atoms with van der Waals surface area (Å²) in [5.74, 6) is -8.85. The molecular weight excluding hydrogens is 444 g/mol. The maximum Gasteiger partial charge on any atom is 0.364 e. The van der Waals surface area contributed by atoms with Gasteiger partial charge in [-0.25, -0.2) is 9.59 Å². The standard InChI is InChI=1S/C17H28O15/c1-29-16(14(25)26)3-7(21)12(13(31-16)9(23)5-19)32-17(15(27)28)2-6(20)10(24)11(30-17)8(22)4-18/h6-13,18-24H,2-5H2,1H3,(H,25,26)(H,27,28)/t6-,7-,8-,9-,10-,11-,12-,13-,16-,17+/m1/s1. The lowest BCUT2D eigenvalue weighted by Crippen LogP contribution is -2.68. The second kappa shape index (κ2) is 10.2. The Bertz CT molecular complexity index is 674. The molecule has 0 amide bonds. The Balaban J connectivity index is 2.44. The van der Waals surface area contributed by atoms with Crippen LogP contribution in [0.5, 0.6) is 0 Å². The van der Waals surface area contributed by atoms with Crippen LogP contribution in [0.15, 0.2) is 0 Å². The van der Waals surface area contributed by atoms with E-state index < -0.39 is 98.4 Å². The van der Waals surface area contributed by atoms with Gasteiger partial charge in [0.25, 0.3) is 11.6 Å². The van der Waals surface area contributed by atoms with Crippen molar-refractivity contribution in [2.75, 3.05) is 20.3 Å². The largest absolute Gasteiger partial charge is 0.477 e.